The number of hydrogen-bond acceptors (Lipinski definition) is 4. The molecular weight excluding hydrogens is 305 g/mol. The van der Waals surface area contributed by atoms with Gasteiger partial charge >= 0.3 is 59.1 Å². The first-order valence-electron chi connectivity index (χ1n) is 3.59. The van der Waals surface area contributed by atoms with Crippen LogP contribution in [0.3, 0.4) is 0 Å². The summed E-state index contributed by atoms with van der Waals surface area (Å²) in [7, 11) is -4.97. The van der Waals surface area contributed by atoms with E-state index in [1.807, 2.05) is 0 Å². The molecule has 1 N–H and O–H groups in total. The van der Waals surface area contributed by atoms with Gasteiger partial charge < -0.3 is 19.5 Å². The van der Waals surface area contributed by atoms with Gasteiger partial charge in [-0.1, -0.05) is 40.2 Å². The van der Waals surface area contributed by atoms with E-state index in [0.29, 0.717) is 0 Å². The second-order valence-electron chi connectivity index (χ2n) is 2.83. The molecule has 0 fully saturated rings. The molecule has 1 rings (SSSR count). The Kier molecular flexibility index (Phi) is 9.70. The van der Waals surface area contributed by atoms with Crippen molar-refractivity contribution in [3.8, 4) is 0 Å². The summed E-state index contributed by atoms with van der Waals surface area (Å²) in [6, 6.07) is 0. The summed E-state index contributed by atoms with van der Waals surface area (Å²) in [5.41, 5.74) is 0. The van der Waals surface area contributed by atoms with Crippen LogP contribution in [-0.4, -0.2) is 15.3 Å². The Morgan fingerprint density at radius 1 is 1.40 bits per heavy atom. The zero-order chi connectivity index (χ0) is 10.1. The van der Waals surface area contributed by atoms with Crippen molar-refractivity contribution in [1.82, 2.24) is 0 Å². The standard InChI is InChI=1S/C7H10BrO4P.2Na/c8-7(4-2-1-3-5-7)6(9)13(10,11)12;;/h1-4,6,9H,5H2,(H2,10,11,12);;/q;2*+1/p-2. The zero-order valence-electron chi connectivity index (χ0n) is 8.59. The molecule has 0 aromatic carbocycles. The molecule has 74 valence electrons. The Morgan fingerprint density at radius 3 is 2.27 bits per heavy atom. The van der Waals surface area contributed by atoms with Gasteiger partial charge in [0.1, 0.15) is 0 Å². The minimum Gasteiger partial charge on any atom is -0.809 e. The fourth-order valence-corrected chi connectivity index (χ4v) is 2.87. The largest absolute Gasteiger partial charge is 1.00 e. The van der Waals surface area contributed by atoms with Crippen LogP contribution in [0.25, 0.3) is 0 Å². The third-order valence-corrected chi connectivity index (χ3v) is 4.22. The molecule has 8 heteroatoms. The number of aliphatic hydroxyl groups is 1. The monoisotopic (exact) mass is 312 g/mol. The van der Waals surface area contributed by atoms with E-state index < -0.39 is 17.8 Å². The summed E-state index contributed by atoms with van der Waals surface area (Å²) in [5, 5.41) is 9.25. The quantitative estimate of drug-likeness (QED) is 0.312. The minimum absolute atomic E-state index is 0. The smallest absolute Gasteiger partial charge is 0.809 e. The molecule has 0 aliphatic heterocycles. The van der Waals surface area contributed by atoms with E-state index in [4.69, 9.17) is 0 Å². The second-order valence-corrected chi connectivity index (χ2v) is 5.88. The van der Waals surface area contributed by atoms with E-state index in [2.05, 4.69) is 15.9 Å². The van der Waals surface area contributed by atoms with Crippen LogP contribution in [0, 0.1) is 0 Å². The fourth-order valence-electron chi connectivity index (χ4n) is 1.07. The van der Waals surface area contributed by atoms with Gasteiger partial charge in [0, 0.05) is 0 Å². The number of hydrogen-bond donors (Lipinski definition) is 1. The van der Waals surface area contributed by atoms with E-state index >= 15 is 0 Å². The summed E-state index contributed by atoms with van der Waals surface area (Å²) < 4.78 is 9.40. The van der Waals surface area contributed by atoms with Gasteiger partial charge in [-0.3, -0.25) is 0 Å². The third kappa shape index (κ3) is 5.49. The Morgan fingerprint density at radius 2 is 1.93 bits per heavy atom. The molecule has 0 saturated carbocycles. The van der Waals surface area contributed by atoms with Crippen molar-refractivity contribution in [3.63, 3.8) is 0 Å². The van der Waals surface area contributed by atoms with E-state index in [1.54, 1.807) is 18.2 Å². The van der Waals surface area contributed by atoms with Crippen molar-refractivity contribution in [2.45, 2.75) is 16.6 Å². The molecule has 0 saturated heterocycles. The number of rotatable bonds is 2. The van der Waals surface area contributed by atoms with Crippen molar-refractivity contribution in [2.24, 2.45) is 0 Å². The van der Waals surface area contributed by atoms with Gasteiger partial charge in [0.15, 0.2) is 0 Å². The first-order chi connectivity index (χ1) is 5.86. The maximum Gasteiger partial charge on any atom is 1.00 e. The molecule has 0 aromatic rings. The second kappa shape index (κ2) is 7.49. The molecule has 0 spiro atoms. The molecule has 0 heterocycles. The molecule has 2 unspecified atom stereocenters. The molecule has 2 atom stereocenters. The zero-order valence-corrected chi connectivity index (χ0v) is 15.1. The molecule has 0 radical (unpaired) electrons. The Hall–Kier alpha value is 2.07. The summed E-state index contributed by atoms with van der Waals surface area (Å²) in [6.07, 6.45) is 6.71. The summed E-state index contributed by atoms with van der Waals surface area (Å²) >= 11 is 3.04. The fraction of sp³-hybridized carbons (Fsp3) is 0.429. The van der Waals surface area contributed by atoms with E-state index in [9.17, 15) is 19.5 Å². The van der Waals surface area contributed by atoms with Crippen molar-refractivity contribution in [2.75, 3.05) is 0 Å². The SMILES string of the molecule is O=P([O-])([O-])C(O)C1(Br)C=CC=CC1.[Na+].[Na+]. The van der Waals surface area contributed by atoms with Gasteiger partial charge in [0.2, 0.25) is 0 Å². The first kappa shape index (κ1) is 19.4. The van der Waals surface area contributed by atoms with Crippen molar-refractivity contribution < 1.29 is 78.6 Å². The number of allylic oxidation sites excluding steroid dienone is 3. The summed E-state index contributed by atoms with van der Waals surface area (Å²) in [4.78, 5) is 21.1. The molecule has 0 amide bonds. The molecule has 0 bridgehead atoms. The molecule has 4 nitrogen and oxygen atoms in total. The maximum absolute atomic E-state index is 10.6. The maximum atomic E-state index is 10.6. The molecule has 1 aliphatic carbocycles. The average molecular weight is 313 g/mol. The Balaban J connectivity index is 0. The number of aliphatic hydroxyl groups excluding tert-OH is 1. The van der Waals surface area contributed by atoms with Gasteiger partial charge in [0.25, 0.3) is 0 Å². The molecule has 0 aromatic heterocycles. The number of halogens is 1. The average Bonchev–Trinajstić information content (AvgIpc) is 2.03. The van der Waals surface area contributed by atoms with Gasteiger partial charge in [-0.05, 0) is 14.0 Å². The topological polar surface area (TPSA) is 83.4 Å². The Labute approximate surface area is 141 Å². The Bertz CT molecular complexity index is 303. The van der Waals surface area contributed by atoms with Crippen molar-refractivity contribution in [3.05, 3.63) is 24.3 Å². The van der Waals surface area contributed by atoms with Gasteiger partial charge in [-0.2, -0.15) is 0 Å². The van der Waals surface area contributed by atoms with Crippen LogP contribution in [0.4, 0.5) is 0 Å². The van der Waals surface area contributed by atoms with Gasteiger partial charge in [-0.25, -0.2) is 0 Å². The molecule has 15 heavy (non-hydrogen) atoms. The predicted octanol–water partition coefficient (Wildman–Crippen LogP) is -6.12. The third-order valence-electron chi connectivity index (χ3n) is 1.78. The first-order valence-corrected chi connectivity index (χ1v) is 6.00. The van der Waals surface area contributed by atoms with Crippen molar-refractivity contribution >= 4 is 23.5 Å². The molecular formula is C7H8BrNa2O4P. The van der Waals surface area contributed by atoms with Crippen LogP contribution < -0.4 is 68.9 Å². The molecule has 1 aliphatic rings. The van der Waals surface area contributed by atoms with Gasteiger partial charge in [0.05, 0.1) is 10.2 Å². The predicted molar refractivity (Wildman–Crippen MR) is 48.2 cm³/mol. The van der Waals surface area contributed by atoms with Crippen LogP contribution in [0.2, 0.25) is 0 Å². The van der Waals surface area contributed by atoms with Crippen LogP contribution in [0.15, 0.2) is 24.3 Å². The van der Waals surface area contributed by atoms with E-state index in [1.165, 1.54) is 6.08 Å². The van der Waals surface area contributed by atoms with Crippen LogP contribution in [0.1, 0.15) is 6.42 Å². The van der Waals surface area contributed by atoms with Gasteiger partial charge in [-0.15, -0.1) is 0 Å². The summed E-state index contributed by atoms with van der Waals surface area (Å²) in [5.74, 6) is -1.93. The normalized spacial score (nSPS) is 26.4. The van der Waals surface area contributed by atoms with Crippen LogP contribution in [0.5, 0.6) is 0 Å². The number of alkyl halides is 1. The van der Waals surface area contributed by atoms with Crippen LogP contribution >= 0.6 is 23.5 Å². The minimum atomic E-state index is -4.97. The summed E-state index contributed by atoms with van der Waals surface area (Å²) in [6.45, 7) is 0. The van der Waals surface area contributed by atoms with Crippen molar-refractivity contribution in [1.29, 1.82) is 0 Å². The van der Waals surface area contributed by atoms with E-state index in [0.717, 1.165) is 0 Å². The van der Waals surface area contributed by atoms with E-state index in [-0.39, 0.29) is 65.5 Å². The van der Waals surface area contributed by atoms with Crippen LogP contribution in [-0.2, 0) is 4.57 Å².